The van der Waals surface area contributed by atoms with E-state index in [1.54, 1.807) is 12.1 Å². The zero-order valence-corrected chi connectivity index (χ0v) is 13.5. The minimum absolute atomic E-state index is 0.0822. The number of benzene rings is 2. The predicted octanol–water partition coefficient (Wildman–Crippen LogP) is 2.55. The molecule has 0 saturated carbocycles. The number of rotatable bonds is 7. The number of hydrogen-bond donors (Lipinski definition) is 2. The monoisotopic (exact) mass is 340 g/mol. The van der Waals surface area contributed by atoms with Crippen molar-refractivity contribution < 1.29 is 17.2 Å². The maximum Gasteiger partial charge on any atom is 0.240 e. The zero-order chi connectivity index (χ0) is 16.9. The molecular formula is C16H18F2N2O2S. The van der Waals surface area contributed by atoms with Crippen LogP contribution in [0.2, 0.25) is 0 Å². The van der Waals surface area contributed by atoms with Crippen LogP contribution in [0.4, 0.5) is 8.78 Å². The highest BCUT2D eigenvalue weighted by Gasteiger charge is 2.14. The van der Waals surface area contributed by atoms with Crippen LogP contribution in [-0.4, -0.2) is 15.0 Å². The van der Waals surface area contributed by atoms with E-state index < -0.39 is 21.7 Å². The molecule has 0 spiro atoms. The first-order valence-electron chi connectivity index (χ1n) is 7.15. The SMILES string of the molecule is CCNCc1ccc(S(=O)(=O)NCc2ccc(F)cc2F)cc1. The summed E-state index contributed by atoms with van der Waals surface area (Å²) in [4.78, 5) is 0.0975. The summed E-state index contributed by atoms with van der Waals surface area (Å²) in [6.45, 7) is 3.22. The lowest BCUT2D eigenvalue weighted by molar-refractivity contribution is 0.562. The molecular weight excluding hydrogens is 322 g/mol. The highest BCUT2D eigenvalue weighted by Crippen LogP contribution is 2.13. The van der Waals surface area contributed by atoms with Gasteiger partial charge in [-0.3, -0.25) is 0 Å². The van der Waals surface area contributed by atoms with Crippen molar-refractivity contribution in [1.82, 2.24) is 10.0 Å². The molecule has 0 amide bonds. The maximum atomic E-state index is 13.5. The van der Waals surface area contributed by atoms with E-state index in [9.17, 15) is 17.2 Å². The minimum Gasteiger partial charge on any atom is -0.313 e. The Balaban J connectivity index is 2.06. The van der Waals surface area contributed by atoms with Crippen LogP contribution in [0.1, 0.15) is 18.1 Å². The lowest BCUT2D eigenvalue weighted by Gasteiger charge is -2.09. The normalized spacial score (nSPS) is 11.6. The molecule has 0 aliphatic rings. The van der Waals surface area contributed by atoms with Crippen molar-refractivity contribution in [3.8, 4) is 0 Å². The van der Waals surface area contributed by atoms with Gasteiger partial charge in [0.25, 0.3) is 0 Å². The van der Waals surface area contributed by atoms with E-state index in [0.717, 1.165) is 24.2 Å². The van der Waals surface area contributed by atoms with Gasteiger partial charge < -0.3 is 5.32 Å². The first-order valence-corrected chi connectivity index (χ1v) is 8.64. The van der Waals surface area contributed by atoms with E-state index >= 15 is 0 Å². The van der Waals surface area contributed by atoms with Gasteiger partial charge in [-0.05, 0) is 30.3 Å². The molecule has 4 nitrogen and oxygen atoms in total. The molecule has 0 unspecified atom stereocenters. The molecule has 2 rings (SSSR count). The van der Waals surface area contributed by atoms with Crippen molar-refractivity contribution in [2.45, 2.75) is 24.9 Å². The first kappa shape index (κ1) is 17.5. The van der Waals surface area contributed by atoms with Gasteiger partial charge in [-0.25, -0.2) is 21.9 Å². The Morgan fingerprint density at radius 2 is 1.70 bits per heavy atom. The predicted molar refractivity (Wildman–Crippen MR) is 84.2 cm³/mol. The summed E-state index contributed by atoms with van der Waals surface area (Å²) in [5.41, 5.74) is 1.05. The molecule has 0 aliphatic heterocycles. The molecule has 0 saturated heterocycles. The Labute approximate surface area is 134 Å². The molecule has 0 aromatic heterocycles. The molecule has 0 aliphatic carbocycles. The van der Waals surface area contributed by atoms with Gasteiger partial charge in [0.1, 0.15) is 11.6 Å². The Morgan fingerprint density at radius 1 is 1.00 bits per heavy atom. The van der Waals surface area contributed by atoms with Crippen LogP contribution in [0.25, 0.3) is 0 Å². The van der Waals surface area contributed by atoms with E-state index in [1.165, 1.54) is 18.2 Å². The Bertz CT molecular complexity index is 762. The van der Waals surface area contributed by atoms with E-state index in [4.69, 9.17) is 0 Å². The Kier molecular flexibility index (Phi) is 5.81. The fourth-order valence-electron chi connectivity index (χ4n) is 1.98. The van der Waals surface area contributed by atoms with Gasteiger partial charge >= 0.3 is 0 Å². The highest BCUT2D eigenvalue weighted by atomic mass is 32.2. The maximum absolute atomic E-state index is 13.5. The molecule has 0 atom stereocenters. The van der Waals surface area contributed by atoms with E-state index in [0.29, 0.717) is 6.54 Å². The molecule has 124 valence electrons. The fourth-order valence-corrected chi connectivity index (χ4v) is 2.98. The van der Waals surface area contributed by atoms with Crippen LogP contribution in [0, 0.1) is 11.6 Å². The van der Waals surface area contributed by atoms with Crippen LogP contribution in [0.5, 0.6) is 0 Å². The van der Waals surface area contributed by atoms with Crippen LogP contribution < -0.4 is 10.0 Å². The third-order valence-corrected chi connectivity index (χ3v) is 4.70. The highest BCUT2D eigenvalue weighted by molar-refractivity contribution is 7.89. The molecule has 2 N–H and O–H groups in total. The molecule has 2 aromatic carbocycles. The number of hydrogen-bond acceptors (Lipinski definition) is 3. The topological polar surface area (TPSA) is 58.2 Å². The zero-order valence-electron chi connectivity index (χ0n) is 12.6. The third-order valence-electron chi connectivity index (χ3n) is 3.28. The van der Waals surface area contributed by atoms with Crippen molar-refractivity contribution >= 4 is 10.0 Å². The van der Waals surface area contributed by atoms with Crippen molar-refractivity contribution in [2.75, 3.05) is 6.54 Å². The van der Waals surface area contributed by atoms with Gasteiger partial charge in [-0.1, -0.05) is 25.1 Å². The summed E-state index contributed by atoms with van der Waals surface area (Å²) in [6.07, 6.45) is 0. The van der Waals surface area contributed by atoms with Gasteiger partial charge in [0, 0.05) is 24.7 Å². The summed E-state index contributed by atoms with van der Waals surface area (Å²) in [6, 6.07) is 9.45. The Hall–Kier alpha value is -1.83. The van der Waals surface area contributed by atoms with Gasteiger partial charge in [0.2, 0.25) is 10.0 Å². The molecule has 0 bridgehead atoms. The van der Waals surface area contributed by atoms with E-state index in [1.807, 2.05) is 6.92 Å². The standard InChI is InChI=1S/C16H18F2N2O2S/c1-2-19-10-12-3-7-15(8-4-12)23(21,22)20-11-13-5-6-14(17)9-16(13)18/h3-9,19-20H,2,10-11H2,1H3. The van der Waals surface area contributed by atoms with Crippen molar-refractivity contribution in [1.29, 1.82) is 0 Å². The lowest BCUT2D eigenvalue weighted by Crippen LogP contribution is -2.23. The first-order chi connectivity index (χ1) is 10.9. The molecule has 23 heavy (non-hydrogen) atoms. The Morgan fingerprint density at radius 3 is 2.30 bits per heavy atom. The molecule has 0 fully saturated rings. The summed E-state index contributed by atoms with van der Waals surface area (Å²) >= 11 is 0. The summed E-state index contributed by atoms with van der Waals surface area (Å²) < 4.78 is 53.0. The van der Waals surface area contributed by atoms with Crippen LogP contribution in [0.15, 0.2) is 47.4 Å². The van der Waals surface area contributed by atoms with Gasteiger partial charge in [-0.15, -0.1) is 0 Å². The van der Waals surface area contributed by atoms with Gasteiger partial charge in [0.15, 0.2) is 0 Å². The van der Waals surface area contributed by atoms with Crippen molar-refractivity contribution in [2.24, 2.45) is 0 Å². The van der Waals surface area contributed by atoms with Crippen molar-refractivity contribution in [3.63, 3.8) is 0 Å². The third kappa shape index (κ3) is 4.82. The van der Waals surface area contributed by atoms with Crippen molar-refractivity contribution in [3.05, 3.63) is 65.2 Å². The van der Waals surface area contributed by atoms with E-state index in [-0.39, 0.29) is 17.0 Å². The summed E-state index contributed by atoms with van der Waals surface area (Å²) in [5.74, 6) is -1.49. The smallest absolute Gasteiger partial charge is 0.240 e. The number of halogens is 2. The van der Waals surface area contributed by atoms with E-state index in [2.05, 4.69) is 10.0 Å². The lowest BCUT2D eigenvalue weighted by atomic mass is 10.2. The van der Waals surface area contributed by atoms with Crippen LogP contribution in [-0.2, 0) is 23.1 Å². The number of nitrogens with one attached hydrogen (secondary N) is 2. The van der Waals surface area contributed by atoms with Gasteiger partial charge in [-0.2, -0.15) is 0 Å². The average molecular weight is 340 g/mol. The molecule has 0 radical (unpaired) electrons. The van der Waals surface area contributed by atoms with Gasteiger partial charge in [0.05, 0.1) is 4.90 Å². The average Bonchev–Trinajstić information content (AvgIpc) is 2.52. The summed E-state index contributed by atoms with van der Waals surface area (Å²) in [5, 5.41) is 3.14. The summed E-state index contributed by atoms with van der Waals surface area (Å²) in [7, 11) is -3.75. The number of sulfonamides is 1. The second-order valence-electron chi connectivity index (χ2n) is 4.98. The minimum atomic E-state index is -3.75. The molecule has 0 heterocycles. The largest absolute Gasteiger partial charge is 0.313 e. The quantitative estimate of drug-likeness (QED) is 0.814. The van der Waals surface area contributed by atoms with Crippen LogP contribution in [0.3, 0.4) is 0 Å². The van der Waals surface area contributed by atoms with Crippen LogP contribution >= 0.6 is 0 Å². The molecule has 7 heteroatoms. The molecule has 2 aromatic rings. The second kappa shape index (κ2) is 7.63. The second-order valence-corrected chi connectivity index (χ2v) is 6.75. The fraction of sp³-hybridized carbons (Fsp3) is 0.250.